The summed E-state index contributed by atoms with van der Waals surface area (Å²) in [6.45, 7) is 1.16. The van der Waals surface area contributed by atoms with Gasteiger partial charge in [0.05, 0.1) is 32.1 Å². The van der Waals surface area contributed by atoms with E-state index >= 15 is 0 Å². The van der Waals surface area contributed by atoms with Crippen LogP contribution in [-0.4, -0.2) is 88.4 Å². The summed E-state index contributed by atoms with van der Waals surface area (Å²) < 4.78 is 58.4. The van der Waals surface area contributed by atoms with Crippen LogP contribution in [0.3, 0.4) is 0 Å². The zero-order valence-electron chi connectivity index (χ0n) is 22.2. The van der Waals surface area contributed by atoms with Crippen molar-refractivity contribution in [1.29, 1.82) is 0 Å². The number of carbonyl (C=O) groups is 1. The summed E-state index contributed by atoms with van der Waals surface area (Å²) in [7, 11) is 0. The highest BCUT2D eigenvalue weighted by atomic mass is 19.4. The molecule has 5 rings (SSSR count). The van der Waals surface area contributed by atoms with Crippen molar-refractivity contribution in [2.75, 3.05) is 61.7 Å². The molecule has 1 amide bonds. The van der Waals surface area contributed by atoms with E-state index in [1.807, 2.05) is 0 Å². The van der Waals surface area contributed by atoms with Gasteiger partial charge in [0.2, 0.25) is 11.9 Å². The lowest BCUT2D eigenvalue weighted by atomic mass is 10.0. The largest absolute Gasteiger partial charge is 0.494 e. The Hall–Kier alpha value is -4.28. The fourth-order valence-electron chi connectivity index (χ4n) is 4.64. The number of aliphatic hydroxyl groups is 2. The maximum Gasteiger partial charge on any atom is 0.434 e. The second-order valence-corrected chi connectivity index (χ2v) is 9.42. The van der Waals surface area contributed by atoms with E-state index in [4.69, 9.17) is 25.1 Å². The van der Waals surface area contributed by atoms with Crippen LogP contribution in [0.15, 0.2) is 36.5 Å². The molecule has 3 aromatic rings. The Morgan fingerprint density at radius 1 is 1.10 bits per heavy atom. The average molecular weight is 592 g/mol. The molecule has 4 N–H and O–H groups in total. The first kappa shape index (κ1) is 29.2. The molecule has 1 aromatic carbocycles. The maximum absolute atomic E-state index is 13.9. The van der Waals surface area contributed by atoms with Crippen LogP contribution in [0, 0.1) is 0 Å². The third-order valence-corrected chi connectivity index (χ3v) is 6.67. The van der Waals surface area contributed by atoms with E-state index in [9.17, 15) is 23.1 Å². The topological polar surface area (TPSA) is 169 Å². The normalized spacial score (nSPS) is 19.2. The Bertz CT molecular complexity index is 1410. The third-order valence-electron chi connectivity index (χ3n) is 6.67. The molecule has 2 aliphatic rings. The first-order valence-corrected chi connectivity index (χ1v) is 13.1. The van der Waals surface area contributed by atoms with Crippen LogP contribution in [0.5, 0.6) is 5.75 Å². The fraction of sp³-hybridized carbons (Fsp3) is 0.423. The second kappa shape index (κ2) is 12.3. The Morgan fingerprint density at radius 3 is 2.50 bits per heavy atom. The molecule has 4 heterocycles. The summed E-state index contributed by atoms with van der Waals surface area (Å²) in [5.41, 5.74) is 4.04. The highest BCUT2D eigenvalue weighted by Gasteiger charge is 2.45. The van der Waals surface area contributed by atoms with E-state index < -0.39 is 48.2 Å². The number of benzene rings is 1. The Labute approximate surface area is 237 Å². The number of carbonyl (C=O) groups excluding carboxylic acids is 1. The van der Waals surface area contributed by atoms with E-state index in [1.165, 1.54) is 6.07 Å². The number of anilines is 3. The minimum atomic E-state index is -4.88. The van der Waals surface area contributed by atoms with E-state index in [-0.39, 0.29) is 24.1 Å². The van der Waals surface area contributed by atoms with E-state index in [0.29, 0.717) is 50.6 Å². The predicted octanol–water partition coefficient (Wildman–Crippen LogP) is 2.19. The summed E-state index contributed by atoms with van der Waals surface area (Å²) in [5.74, 6) is -0.0596. The van der Waals surface area contributed by atoms with Crippen molar-refractivity contribution < 1.29 is 42.4 Å². The molecule has 224 valence electrons. The first-order valence-electron chi connectivity index (χ1n) is 13.1. The van der Waals surface area contributed by atoms with Crippen molar-refractivity contribution >= 4 is 23.8 Å². The minimum absolute atomic E-state index is 0.00893. The highest BCUT2D eigenvalue weighted by Crippen LogP contribution is 2.40. The lowest BCUT2D eigenvalue weighted by Gasteiger charge is -2.29. The predicted molar refractivity (Wildman–Crippen MR) is 142 cm³/mol. The van der Waals surface area contributed by atoms with E-state index in [2.05, 4.69) is 19.9 Å². The monoisotopic (exact) mass is 591 g/mol. The van der Waals surface area contributed by atoms with E-state index in [0.717, 1.165) is 11.1 Å². The van der Waals surface area contributed by atoms with Crippen molar-refractivity contribution in [3.8, 4) is 17.0 Å². The summed E-state index contributed by atoms with van der Waals surface area (Å²) in [5, 5.41) is 19.3. The van der Waals surface area contributed by atoms with Gasteiger partial charge >= 0.3 is 12.3 Å². The quantitative estimate of drug-likeness (QED) is 0.311. The molecule has 2 aromatic heterocycles. The number of nitrogens with zero attached hydrogens (tertiary/aromatic N) is 6. The molecule has 0 saturated carbocycles. The fourth-order valence-corrected chi connectivity index (χ4v) is 4.64. The molecule has 13 nitrogen and oxygen atoms in total. The van der Waals surface area contributed by atoms with Crippen LogP contribution < -0.4 is 20.3 Å². The summed E-state index contributed by atoms with van der Waals surface area (Å²) in [4.78, 5) is 32.0. The number of morpholine rings is 1. The lowest BCUT2D eigenvalue weighted by molar-refractivity contribution is -0.140. The van der Waals surface area contributed by atoms with Gasteiger partial charge in [0.1, 0.15) is 17.6 Å². The molecule has 0 aliphatic carbocycles. The Morgan fingerprint density at radius 2 is 1.83 bits per heavy atom. The van der Waals surface area contributed by atoms with Crippen LogP contribution in [-0.2, 0) is 15.7 Å². The molecule has 16 heteroatoms. The number of hydrogen-bond donors (Lipinski definition) is 3. The number of nitrogen functional groups attached to an aromatic ring is 1. The number of ether oxygens (including phenoxy) is 3. The van der Waals surface area contributed by atoms with Gasteiger partial charge in [-0.15, -0.1) is 0 Å². The van der Waals surface area contributed by atoms with Crippen LogP contribution in [0.4, 0.5) is 35.7 Å². The number of alkyl halides is 3. The molecular formula is C26H28F3N7O6. The maximum atomic E-state index is 13.9. The number of aromatic nitrogens is 4. The van der Waals surface area contributed by atoms with Gasteiger partial charge in [0.15, 0.2) is 11.8 Å². The van der Waals surface area contributed by atoms with Crippen LogP contribution in [0.25, 0.3) is 11.3 Å². The van der Waals surface area contributed by atoms with Gasteiger partial charge in [-0.3, -0.25) is 4.90 Å². The molecule has 0 radical (unpaired) electrons. The lowest BCUT2D eigenvalue weighted by Crippen LogP contribution is -2.40. The Balaban J connectivity index is 1.54. The van der Waals surface area contributed by atoms with Gasteiger partial charge in [0.25, 0.3) is 0 Å². The number of hydrogen-bond acceptors (Lipinski definition) is 12. The van der Waals surface area contributed by atoms with Crippen LogP contribution in [0.2, 0.25) is 0 Å². The van der Waals surface area contributed by atoms with Crippen LogP contribution >= 0.6 is 0 Å². The molecule has 2 saturated heterocycles. The van der Waals surface area contributed by atoms with Crippen LogP contribution in [0.1, 0.15) is 23.8 Å². The summed E-state index contributed by atoms with van der Waals surface area (Å²) >= 11 is 0. The van der Waals surface area contributed by atoms with Gasteiger partial charge < -0.3 is 35.1 Å². The zero-order valence-corrected chi connectivity index (χ0v) is 22.2. The van der Waals surface area contributed by atoms with Gasteiger partial charge in [0, 0.05) is 43.9 Å². The molecule has 0 bridgehead atoms. The number of cyclic esters (lactones) is 1. The van der Waals surface area contributed by atoms with Gasteiger partial charge in [-0.25, -0.2) is 19.7 Å². The molecular weight excluding hydrogens is 563 g/mol. The van der Waals surface area contributed by atoms with Crippen molar-refractivity contribution in [3.05, 3.63) is 47.8 Å². The average Bonchev–Trinajstić information content (AvgIpc) is 3.33. The first-order chi connectivity index (χ1) is 20.2. The number of amides is 1. The zero-order chi connectivity index (χ0) is 29.9. The molecule has 2 unspecified atom stereocenters. The summed E-state index contributed by atoms with van der Waals surface area (Å²) in [6, 6.07) is 6.89. The second-order valence-electron chi connectivity index (χ2n) is 9.42. The minimum Gasteiger partial charge on any atom is -0.494 e. The highest BCUT2D eigenvalue weighted by molar-refractivity contribution is 5.91. The number of aliphatic hydroxyl groups excluding tert-OH is 2. The SMILES string of the molecule is Nc1ncc(-c2cc(N3C(=O)OC(c4ccc(OCCCO)cc4)C3CO)nc(N3CCOCC3)n2)c(C(F)(F)F)n1. The molecule has 2 fully saturated rings. The summed E-state index contributed by atoms with van der Waals surface area (Å²) in [6.07, 6.45) is -5.28. The number of rotatable bonds is 9. The van der Waals surface area contributed by atoms with Crippen molar-refractivity contribution in [2.45, 2.75) is 24.7 Å². The number of halogens is 3. The smallest absolute Gasteiger partial charge is 0.434 e. The van der Waals surface area contributed by atoms with E-state index in [1.54, 1.807) is 29.2 Å². The number of nitrogens with two attached hydrogens (primary N) is 1. The molecule has 2 atom stereocenters. The van der Waals surface area contributed by atoms with Gasteiger partial charge in [-0.05, 0) is 17.7 Å². The standard InChI is InChI=1S/C26H28F3N7O6/c27-26(28,29)22-17(13-31-23(30)34-22)18-12-20(33-24(32-18)35-6-10-40-11-7-35)36-19(14-38)21(42-25(36)39)15-2-4-16(5-3-15)41-9-1-8-37/h2-5,12-13,19,21,37-38H,1,6-11,14H2,(H2,30,31,34). The molecule has 2 aliphatic heterocycles. The Kier molecular flexibility index (Phi) is 8.56. The molecule has 0 spiro atoms. The van der Waals surface area contributed by atoms with Crippen molar-refractivity contribution in [3.63, 3.8) is 0 Å². The van der Waals surface area contributed by atoms with Gasteiger partial charge in [-0.2, -0.15) is 18.2 Å². The van der Waals surface area contributed by atoms with Gasteiger partial charge in [-0.1, -0.05) is 12.1 Å². The third kappa shape index (κ3) is 6.14. The van der Waals surface area contributed by atoms with Crippen molar-refractivity contribution in [1.82, 2.24) is 19.9 Å². The van der Waals surface area contributed by atoms with Crippen molar-refractivity contribution in [2.24, 2.45) is 0 Å². The molecule has 42 heavy (non-hydrogen) atoms.